The molecule has 9 heteroatoms. The number of benzene rings is 1. The molecule has 0 N–H and O–H groups in total. The number of aryl methyl sites for hydroxylation is 1. The number of nitrogens with zero attached hydrogens (tertiary/aromatic N) is 5. The van der Waals surface area contributed by atoms with Crippen molar-refractivity contribution in [1.82, 2.24) is 24.3 Å². The van der Waals surface area contributed by atoms with E-state index in [1.807, 2.05) is 63.0 Å². The lowest BCUT2D eigenvalue weighted by atomic mass is 9.86. The van der Waals surface area contributed by atoms with E-state index in [4.69, 9.17) is 26.1 Å². The highest BCUT2D eigenvalue weighted by Crippen LogP contribution is 2.54. The summed E-state index contributed by atoms with van der Waals surface area (Å²) in [5, 5.41) is 0.669. The van der Waals surface area contributed by atoms with Gasteiger partial charge in [0.15, 0.2) is 5.60 Å². The molecule has 1 amide bonds. The Kier molecular flexibility index (Phi) is 6.09. The maximum atomic E-state index is 12.7. The molecule has 6 rings (SSSR count). The number of fused-ring (bicyclic) bond motifs is 2. The minimum Gasteiger partial charge on any atom is -0.444 e. The number of rotatable bonds is 3. The van der Waals surface area contributed by atoms with E-state index in [-0.39, 0.29) is 12.1 Å². The largest absolute Gasteiger partial charge is 0.444 e. The van der Waals surface area contributed by atoms with Crippen LogP contribution in [-0.2, 0) is 22.1 Å². The molecule has 0 saturated carbocycles. The standard InChI is InChI=1S/C29H32ClN5O3/c1-28(2,3)38-27(36)35-12-10-34(11-13-35)26-21-8-7-20(30)15-22(21)23(14-19-6-5-9-32-25(19)26)29(17-37-29)24-16-31-18-33(24)4/h5-9,14-16,18,26H,10-13,17H2,1-4H3/t26-,29?/m0/s1. The van der Waals surface area contributed by atoms with Crippen molar-refractivity contribution in [3.63, 3.8) is 0 Å². The second kappa shape index (κ2) is 9.22. The molecule has 2 aromatic heterocycles. The van der Waals surface area contributed by atoms with Gasteiger partial charge < -0.3 is 18.9 Å². The third kappa shape index (κ3) is 4.40. The lowest BCUT2D eigenvalue weighted by Crippen LogP contribution is -2.51. The molecule has 1 aromatic carbocycles. The number of epoxide rings is 1. The summed E-state index contributed by atoms with van der Waals surface area (Å²) in [6, 6.07) is 10.1. The molecule has 0 spiro atoms. The van der Waals surface area contributed by atoms with E-state index in [1.165, 1.54) is 0 Å². The summed E-state index contributed by atoms with van der Waals surface area (Å²) in [5.41, 5.74) is 5.15. The van der Waals surface area contributed by atoms with Gasteiger partial charge in [0.2, 0.25) is 0 Å². The topological polar surface area (TPSA) is 76.0 Å². The van der Waals surface area contributed by atoms with Gasteiger partial charge in [0, 0.05) is 50.0 Å². The van der Waals surface area contributed by atoms with Gasteiger partial charge in [-0.1, -0.05) is 23.7 Å². The predicted octanol–water partition coefficient (Wildman–Crippen LogP) is 4.89. The van der Waals surface area contributed by atoms with Gasteiger partial charge in [-0.2, -0.15) is 0 Å². The van der Waals surface area contributed by atoms with Crippen LogP contribution in [0.4, 0.5) is 4.79 Å². The minimum atomic E-state index is -0.595. The number of carbonyl (C=O) groups is 1. The number of carbonyl (C=O) groups excluding carboxylic acids is 1. The Morgan fingerprint density at radius 2 is 1.95 bits per heavy atom. The second-order valence-electron chi connectivity index (χ2n) is 11.2. The van der Waals surface area contributed by atoms with E-state index >= 15 is 0 Å². The highest BCUT2D eigenvalue weighted by molar-refractivity contribution is 6.30. The van der Waals surface area contributed by atoms with Crippen LogP contribution in [0.15, 0.2) is 49.1 Å². The number of ether oxygens (including phenoxy) is 2. The quantitative estimate of drug-likeness (QED) is 0.446. The number of halogens is 1. The number of amides is 1. The maximum Gasteiger partial charge on any atom is 0.410 e. The van der Waals surface area contributed by atoms with Crippen molar-refractivity contribution in [3.8, 4) is 0 Å². The van der Waals surface area contributed by atoms with Crippen molar-refractivity contribution in [2.75, 3.05) is 32.8 Å². The van der Waals surface area contributed by atoms with Gasteiger partial charge in [-0.3, -0.25) is 9.88 Å². The Bertz CT molecular complexity index is 1410. The predicted molar refractivity (Wildman–Crippen MR) is 146 cm³/mol. The highest BCUT2D eigenvalue weighted by Gasteiger charge is 2.53. The third-order valence-electron chi connectivity index (χ3n) is 7.46. The van der Waals surface area contributed by atoms with Crippen LogP contribution in [0.25, 0.3) is 11.6 Å². The lowest BCUT2D eigenvalue weighted by Gasteiger charge is -2.40. The zero-order valence-corrected chi connectivity index (χ0v) is 22.9. The Morgan fingerprint density at radius 1 is 1.18 bits per heavy atom. The molecule has 3 aliphatic rings. The van der Waals surface area contributed by atoms with Crippen LogP contribution in [0, 0.1) is 0 Å². The second-order valence-corrected chi connectivity index (χ2v) is 11.6. The van der Waals surface area contributed by atoms with Crippen LogP contribution in [0.5, 0.6) is 0 Å². The van der Waals surface area contributed by atoms with Crippen molar-refractivity contribution in [3.05, 3.63) is 82.2 Å². The molecule has 1 aliphatic carbocycles. The SMILES string of the molecule is Cn1cncc1C1(C2=Cc3cccnc3[C@@H](N3CCN(C(=O)OC(C)(C)C)CC3)c3ccc(Cl)cc32)CO1. The Morgan fingerprint density at radius 3 is 2.61 bits per heavy atom. The van der Waals surface area contributed by atoms with Gasteiger partial charge in [-0.15, -0.1) is 0 Å². The van der Waals surface area contributed by atoms with Crippen LogP contribution in [0.2, 0.25) is 5.02 Å². The summed E-state index contributed by atoms with van der Waals surface area (Å²) in [7, 11) is 1.99. The molecule has 38 heavy (non-hydrogen) atoms. The van der Waals surface area contributed by atoms with Crippen molar-refractivity contribution in [2.24, 2.45) is 7.05 Å². The molecule has 2 saturated heterocycles. The van der Waals surface area contributed by atoms with Crippen LogP contribution >= 0.6 is 11.6 Å². The molecule has 0 bridgehead atoms. The fourth-order valence-electron chi connectivity index (χ4n) is 5.61. The van der Waals surface area contributed by atoms with E-state index in [1.54, 1.807) is 11.2 Å². The summed E-state index contributed by atoms with van der Waals surface area (Å²) < 4.78 is 13.9. The average molecular weight is 534 g/mol. The highest BCUT2D eigenvalue weighted by atomic mass is 35.5. The monoisotopic (exact) mass is 533 g/mol. The van der Waals surface area contributed by atoms with E-state index in [2.05, 4.69) is 28.1 Å². The number of piperazine rings is 1. The van der Waals surface area contributed by atoms with E-state index in [0.717, 1.165) is 33.7 Å². The number of hydrogen-bond acceptors (Lipinski definition) is 6. The molecule has 0 radical (unpaired) electrons. The van der Waals surface area contributed by atoms with Gasteiger partial charge in [0.1, 0.15) is 5.60 Å². The first kappa shape index (κ1) is 25.1. The molecule has 2 atom stereocenters. The molecule has 2 aliphatic heterocycles. The summed E-state index contributed by atoms with van der Waals surface area (Å²) in [6.45, 7) is 8.80. The first-order valence-electron chi connectivity index (χ1n) is 13.0. The Balaban J connectivity index is 1.40. The summed E-state index contributed by atoms with van der Waals surface area (Å²) >= 11 is 6.60. The molecule has 3 aromatic rings. The molecule has 8 nitrogen and oxygen atoms in total. The van der Waals surface area contributed by atoms with Crippen molar-refractivity contribution >= 4 is 29.3 Å². The smallest absolute Gasteiger partial charge is 0.410 e. The molecular formula is C29H32ClN5O3. The van der Waals surface area contributed by atoms with Crippen LogP contribution in [0.3, 0.4) is 0 Å². The van der Waals surface area contributed by atoms with E-state index < -0.39 is 11.2 Å². The molecular weight excluding hydrogens is 502 g/mol. The molecule has 4 heterocycles. The zero-order valence-electron chi connectivity index (χ0n) is 22.1. The van der Waals surface area contributed by atoms with Crippen LogP contribution < -0.4 is 0 Å². The maximum absolute atomic E-state index is 12.7. The lowest BCUT2D eigenvalue weighted by molar-refractivity contribution is 0.0118. The molecule has 2 fully saturated rings. The Hall–Kier alpha value is -3.20. The zero-order chi connectivity index (χ0) is 26.7. The van der Waals surface area contributed by atoms with Crippen LogP contribution in [0.1, 0.15) is 54.9 Å². The summed E-state index contributed by atoms with van der Waals surface area (Å²) in [4.78, 5) is 26.2. The summed E-state index contributed by atoms with van der Waals surface area (Å²) in [6.07, 6.45) is 7.46. The van der Waals surface area contributed by atoms with Crippen molar-refractivity contribution in [2.45, 2.75) is 38.0 Å². The normalized spacial score (nSPS) is 23.2. The van der Waals surface area contributed by atoms with Gasteiger partial charge in [0.25, 0.3) is 0 Å². The van der Waals surface area contributed by atoms with Crippen molar-refractivity contribution < 1.29 is 14.3 Å². The molecule has 198 valence electrons. The number of pyridine rings is 1. The fraction of sp³-hybridized carbons (Fsp3) is 0.414. The van der Waals surface area contributed by atoms with E-state index in [9.17, 15) is 4.79 Å². The van der Waals surface area contributed by atoms with E-state index in [0.29, 0.717) is 37.8 Å². The first-order valence-corrected chi connectivity index (χ1v) is 13.3. The van der Waals surface area contributed by atoms with Gasteiger partial charge >= 0.3 is 6.09 Å². The van der Waals surface area contributed by atoms with Gasteiger partial charge in [-0.05, 0) is 61.7 Å². The van der Waals surface area contributed by atoms with Crippen LogP contribution in [-0.4, -0.2) is 68.8 Å². The van der Waals surface area contributed by atoms with Gasteiger partial charge in [-0.25, -0.2) is 9.78 Å². The fourth-order valence-corrected chi connectivity index (χ4v) is 5.79. The van der Waals surface area contributed by atoms with Crippen molar-refractivity contribution in [1.29, 1.82) is 0 Å². The van der Waals surface area contributed by atoms with Gasteiger partial charge in [0.05, 0.1) is 36.6 Å². The average Bonchev–Trinajstić information content (AvgIpc) is 3.58. The number of aromatic nitrogens is 3. The molecule has 1 unspecified atom stereocenters. The number of hydrogen-bond donors (Lipinski definition) is 0. The Labute approximate surface area is 227 Å². The first-order chi connectivity index (χ1) is 18.2. The third-order valence-corrected chi connectivity index (χ3v) is 7.69. The summed E-state index contributed by atoms with van der Waals surface area (Å²) in [5.74, 6) is 0. The number of imidazole rings is 1. The minimum absolute atomic E-state index is 0.102.